The number of aromatic nitrogens is 4. The van der Waals surface area contributed by atoms with Gasteiger partial charge in [-0.1, -0.05) is 6.07 Å². The molecule has 0 spiro atoms. The zero-order valence-electron chi connectivity index (χ0n) is 10.4. The van der Waals surface area contributed by atoms with Crippen molar-refractivity contribution in [1.82, 2.24) is 25.9 Å². The van der Waals surface area contributed by atoms with E-state index in [0.717, 1.165) is 0 Å². The van der Waals surface area contributed by atoms with Crippen LogP contribution in [0.5, 0.6) is 0 Å². The van der Waals surface area contributed by atoms with Gasteiger partial charge < -0.3 is 10.6 Å². The number of hydrogen-bond acceptors (Lipinski definition) is 5. The summed E-state index contributed by atoms with van der Waals surface area (Å²) in [5.74, 6) is -0.774. The Kier molecular flexibility index (Phi) is 3.51. The average Bonchev–Trinajstić information content (AvgIpc) is 2.94. The Morgan fingerprint density at radius 2 is 2.05 bits per heavy atom. The minimum absolute atomic E-state index is 0.0650. The summed E-state index contributed by atoms with van der Waals surface area (Å²) in [6, 6.07) is 5.06. The number of nitrogens with zero attached hydrogens (tertiary/aromatic N) is 3. The molecule has 8 heteroatoms. The zero-order valence-corrected chi connectivity index (χ0v) is 10.4. The maximum Gasteiger partial charge on any atom is 0.297 e. The van der Waals surface area contributed by atoms with Crippen LogP contribution < -0.4 is 10.6 Å². The smallest absolute Gasteiger partial charge is 0.297 e. The second-order valence-corrected chi connectivity index (χ2v) is 3.75. The van der Waals surface area contributed by atoms with E-state index in [9.17, 15) is 9.59 Å². The molecule has 2 amide bonds. The summed E-state index contributed by atoms with van der Waals surface area (Å²) in [6.45, 7) is 1.75. The number of carbonyl (C=O) groups excluding carboxylic acids is 2. The van der Waals surface area contributed by atoms with Gasteiger partial charge in [-0.2, -0.15) is 5.21 Å². The molecule has 2 aromatic rings. The molecule has 0 aliphatic heterocycles. The quantitative estimate of drug-likeness (QED) is 0.725. The number of aromatic amines is 1. The third-order valence-electron chi connectivity index (χ3n) is 2.60. The SMILES string of the molecule is CNC(=O)c1cccc(NC(=O)c2nn[nH]n2)c1C. The van der Waals surface area contributed by atoms with Gasteiger partial charge in [-0.05, 0) is 29.8 Å². The summed E-state index contributed by atoms with van der Waals surface area (Å²) in [4.78, 5) is 23.4. The van der Waals surface area contributed by atoms with Crippen molar-refractivity contribution in [2.24, 2.45) is 0 Å². The minimum atomic E-state index is -0.495. The summed E-state index contributed by atoms with van der Waals surface area (Å²) in [5, 5.41) is 17.8. The molecule has 0 fully saturated rings. The zero-order chi connectivity index (χ0) is 13.8. The van der Waals surface area contributed by atoms with E-state index in [4.69, 9.17) is 0 Å². The standard InChI is InChI=1S/C11H12N6O2/c1-6-7(10(18)12-2)4-3-5-8(6)13-11(19)9-14-16-17-15-9/h3-5H,1-2H3,(H,12,18)(H,13,19)(H,14,15,16,17). The van der Waals surface area contributed by atoms with Crippen molar-refractivity contribution in [3.05, 3.63) is 35.2 Å². The monoisotopic (exact) mass is 260 g/mol. The molecular formula is C11H12N6O2. The van der Waals surface area contributed by atoms with Crippen molar-refractivity contribution in [2.45, 2.75) is 6.92 Å². The number of hydrogen-bond donors (Lipinski definition) is 3. The van der Waals surface area contributed by atoms with Gasteiger partial charge in [0.05, 0.1) is 0 Å². The van der Waals surface area contributed by atoms with Gasteiger partial charge in [-0.3, -0.25) is 9.59 Å². The van der Waals surface area contributed by atoms with Gasteiger partial charge in [0, 0.05) is 18.3 Å². The molecule has 0 atom stereocenters. The summed E-state index contributed by atoms with van der Waals surface area (Å²) in [5.41, 5.74) is 1.68. The third kappa shape index (κ3) is 2.57. The minimum Gasteiger partial charge on any atom is -0.355 e. The highest BCUT2D eigenvalue weighted by Gasteiger charge is 2.15. The molecule has 3 N–H and O–H groups in total. The van der Waals surface area contributed by atoms with Crippen LogP contribution in [0.25, 0.3) is 0 Å². The molecule has 0 aliphatic rings. The third-order valence-corrected chi connectivity index (χ3v) is 2.60. The maximum absolute atomic E-state index is 11.8. The van der Waals surface area contributed by atoms with E-state index in [1.807, 2.05) is 0 Å². The van der Waals surface area contributed by atoms with Crippen LogP contribution in [-0.2, 0) is 0 Å². The molecule has 0 saturated heterocycles. The Balaban J connectivity index is 2.26. The Labute approximate surface area is 108 Å². The van der Waals surface area contributed by atoms with Crippen molar-refractivity contribution in [3.8, 4) is 0 Å². The van der Waals surface area contributed by atoms with E-state index in [0.29, 0.717) is 16.8 Å². The lowest BCUT2D eigenvalue weighted by Gasteiger charge is -2.10. The molecule has 0 bridgehead atoms. The van der Waals surface area contributed by atoms with E-state index in [1.165, 1.54) is 0 Å². The predicted octanol–water partition coefficient (Wildman–Crippen LogP) is 0.120. The Morgan fingerprint density at radius 1 is 1.26 bits per heavy atom. The van der Waals surface area contributed by atoms with E-state index >= 15 is 0 Å². The second-order valence-electron chi connectivity index (χ2n) is 3.75. The van der Waals surface area contributed by atoms with Crippen LogP contribution in [0.2, 0.25) is 0 Å². The van der Waals surface area contributed by atoms with Crippen LogP contribution in [0.3, 0.4) is 0 Å². The largest absolute Gasteiger partial charge is 0.355 e. The molecule has 1 aromatic carbocycles. The molecule has 1 aromatic heterocycles. The van der Waals surface area contributed by atoms with Crippen molar-refractivity contribution in [2.75, 3.05) is 12.4 Å². The number of rotatable bonds is 3. The number of amides is 2. The van der Waals surface area contributed by atoms with Crippen LogP contribution in [0.1, 0.15) is 26.5 Å². The second kappa shape index (κ2) is 5.25. The fourth-order valence-corrected chi connectivity index (χ4v) is 1.59. The first kappa shape index (κ1) is 12.7. The number of tetrazole rings is 1. The molecule has 1 heterocycles. The first-order chi connectivity index (χ1) is 9.13. The predicted molar refractivity (Wildman–Crippen MR) is 66.7 cm³/mol. The summed E-state index contributed by atoms with van der Waals surface area (Å²) in [6.07, 6.45) is 0. The Hall–Kier alpha value is -2.77. The number of benzene rings is 1. The lowest BCUT2D eigenvalue weighted by molar-refractivity contribution is 0.0960. The highest BCUT2D eigenvalue weighted by Crippen LogP contribution is 2.19. The lowest BCUT2D eigenvalue weighted by Crippen LogP contribution is -2.20. The Morgan fingerprint density at radius 3 is 2.68 bits per heavy atom. The topological polar surface area (TPSA) is 113 Å². The molecule has 0 radical (unpaired) electrons. The van der Waals surface area contributed by atoms with Gasteiger partial charge in [0.25, 0.3) is 17.6 Å². The highest BCUT2D eigenvalue weighted by atomic mass is 16.2. The molecular weight excluding hydrogens is 248 g/mol. The molecule has 98 valence electrons. The normalized spacial score (nSPS) is 10.0. The number of anilines is 1. The van der Waals surface area contributed by atoms with Crippen molar-refractivity contribution < 1.29 is 9.59 Å². The van der Waals surface area contributed by atoms with Gasteiger partial charge in [0.1, 0.15) is 0 Å². The van der Waals surface area contributed by atoms with E-state index in [2.05, 4.69) is 31.3 Å². The van der Waals surface area contributed by atoms with Gasteiger partial charge >= 0.3 is 0 Å². The van der Waals surface area contributed by atoms with E-state index < -0.39 is 5.91 Å². The molecule has 2 rings (SSSR count). The van der Waals surface area contributed by atoms with E-state index in [-0.39, 0.29) is 11.7 Å². The fraction of sp³-hybridized carbons (Fsp3) is 0.182. The summed E-state index contributed by atoms with van der Waals surface area (Å²) >= 11 is 0. The van der Waals surface area contributed by atoms with Gasteiger partial charge in [0.15, 0.2) is 0 Å². The van der Waals surface area contributed by atoms with Gasteiger partial charge in [0.2, 0.25) is 0 Å². The van der Waals surface area contributed by atoms with Crippen LogP contribution in [-0.4, -0.2) is 39.5 Å². The number of carbonyl (C=O) groups is 2. The average molecular weight is 260 g/mol. The van der Waals surface area contributed by atoms with E-state index in [1.54, 1.807) is 32.2 Å². The first-order valence-electron chi connectivity index (χ1n) is 5.50. The van der Waals surface area contributed by atoms with Crippen LogP contribution in [0.4, 0.5) is 5.69 Å². The fourth-order valence-electron chi connectivity index (χ4n) is 1.59. The van der Waals surface area contributed by atoms with Gasteiger partial charge in [-0.15, -0.1) is 10.2 Å². The molecule has 0 aliphatic carbocycles. The maximum atomic E-state index is 11.8. The molecule has 0 unspecified atom stereocenters. The van der Waals surface area contributed by atoms with Crippen LogP contribution in [0, 0.1) is 6.92 Å². The van der Waals surface area contributed by atoms with Crippen molar-refractivity contribution in [3.63, 3.8) is 0 Å². The van der Waals surface area contributed by atoms with Crippen LogP contribution >= 0.6 is 0 Å². The van der Waals surface area contributed by atoms with Crippen molar-refractivity contribution in [1.29, 1.82) is 0 Å². The molecule has 19 heavy (non-hydrogen) atoms. The first-order valence-corrected chi connectivity index (χ1v) is 5.50. The van der Waals surface area contributed by atoms with Gasteiger partial charge in [-0.25, -0.2) is 0 Å². The molecule has 8 nitrogen and oxygen atoms in total. The van der Waals surface area contributed by atoms with Crippen molar-refractivity contribution >= 4 is 17.5 Å². The number of H-pyrrole nitrogens is 1. The lowest BCUT2D eigenvalue weighted by atomic mass is 10.1. The Bertz CT molecular complexity index is 608. The summed E-state index contributed by atoms with van der Waals surface area (Å²) in [7, 11) is 1.55. The molecule has 0 saturated carbocycles. The van der Waals surface area contributed by atoms with Crippen LogP contribution in [0.15, 0.2) is 18.2 Å². The number of nitrogens with one attached hydrogen (secondary N) is 3. The highest BCUT2D eigenvalue weighted by molar-refractivity contribution is 6.03. The summed E-state index contributed by atoms with van der Waals surface area (Å²) < 4.78 is 0.